The summed E-state index contributed by atoms with van der Waals surface area (Å²) >= 11 is 6.38. The first-order valence-electron chi connectivity index (χ1n) is 17.5. The molecular weight excluding hydrogens is 694 g/mol. The Labute approximate surface area is 311 Å². The molecule has 1 atom stereocenters. The van der Waals surface area contributed by atoms with Crippen LogP contribution in [0.1, 0.15) is 42.4 Å². The molecular formula is C42H42ClN3O5S. The number of anilines is 1. The third-order valence-corrected chi connectivity index (χ3v) is 11.2. The highest BCUT2D eigenvalue weighted by Crippen LogP contribution is 2.29. The SMILES string of the molecule is Cc1ccc(S(=O)(=O)N(CC(=O)N(Cc2cccc(Cl)c2)C(Cc2ccccc2)C(=O)NC2CCCC2)c2ccc(Oc3ccccc3)cc2)cc1. The van der Waals surface area contributed by atoms with Crippen molar-refractivity contribution in [2.24, 2.45) is 0 Å². The Bertz CT molecular complexity index is 2060. The first-order valence-corrected chi connectivity index (χ1v) is 19.3. The van der Waals surface area contributed by atoms with Gasteiger partial charge in [0.05, 0.1) is 10.6 Å². The molecule has 1 fully saturated rings. The van der Waals surface area contributed by atoms with Crippen molar-refractivity contribution in [1.82, 2.24) is 10.2 Å². The number of nitrogens with one attached hydrogen (secondary N) is 1. The molecule has 0 bridgehead atoms. The number of hydrogen-bond donors (Lipinski definition) is 1. The Kier molecular flexibility index (Phi) is 11.9. The molecule has 6 rings (SSSR count). The quantitative estimate of drug-likeness (QED) is 0.124. The van der Waals surface area contributed by atoms with Crippen molar-refractivity contribution in [3.05, 3.63) is 155 Å². The van der Waals surface area contributed by atoms with Crippen LogP contribution in [0.25, 0.3) is 0 Å². The van der Waals surface area contributed by atoms with E-state index in [0.717, 1.165) is 41.1 Å². The summed E-state index contributed by atoms with van der Waals surface area (Å²) in [6.07, 6.45) is 4.04. The molecule has 10 heteroatoms. The van der Waals surface area contributed by atoms with Crippen LogP contribution in [-0.2, 0) is 32.6 Å². The molecule has 52 heavy (non-hydrogen) atoms. The van der Waals surface area contributed by atoms with Crippen LogP contribution in [0.15, 0.2) is 138 Å². The topological polar surface area (TPSA) is 96.0 Å². The van der Waals surface area contributed by atoms with Crippen LogP contribution in [-0.4, -0.2) is 43.8 Å². The van der Waals surface area contributed by atoms with Gasteiger partial charge in [0, 0.05) is 24.0 Å². The average molecular weight is 736 g/mol. The van der Waals surface area contributed by atoms with Crippen LogP contribution >= 0.6 is 11.6 Å². The molecule has 0 radical (unpaired) electrons. The summed E-state index contributed by atoms with van der Waals surface area (Å²) in [7, 11) is -4.25. The van der Waals surface area contributed by atoms with Gasteiger partial charge in [0.2, 0.25) is 11.8 Å². The number of rotatable bonds is 14. The number of benzene rings is 5. The molecule has 0 spiro atoms. The zero-order chi connectivity index (χ0) is 36.5. The van der Waals surface area contributed by atoms with E-state index in [9.17, 15) is 18.0 Å². The van der Waals surface area contributed by atoms with Crippen molar-refractivity contribution in [3.63, 3.8) is 0 Å². The first kappa shape index (κ1) is 36.7. The predicted molar refractivity (Wildman–Crippen MR) is 205 cm³/mol. The number of carbonyl (C=O) groups excluding carboxylic acids is 2. The van der Waals surface area contributed by atoms with Gasteiger partial charge in [0.1, 0.15) is 24.1 Å². The Balaban J connectivity index is 1.39. The highest BCUT2D eigenvalue weighted by Gasteiger charge is 2.35. The van der Waals surface area contributed by atoms with Gasteiger partial charge in [-0.15, -0.1) is 0 Å². The van der Waals surface area contributed by atoms with E-state index in [-0.39, 0.29) is 35.5 Å². The van der Waals surface area contributed by atoms with E-state index in [1.807, 2.05) is 73.7 Å². The molecule has 8 nitrogen and oxygen atoms in total. The van der Waals surface area contributed by atoms with Crippen molar-refractivity contribution in [3.8, 4) is 11.5 Å². The molecule has 1 saturated carbocycles. The van der Waals surface area contributed by atoms with Crippen molar-refractivity contribution < 1.29 is 22.7 Å². The van der Waals surface area contributed by atoms with E-state index in [0.29, 0.717) is 22.1 Å². The molecule has 1 N–H and O–H groups in total. The molecule has 5 aromatic rings. The fraction of sp³-hybridized carbons (Fsp3) is 0.238. The maximum Gasteiger partial charge on any atom is 0.264 e. The molecule has 0 saturated heterocycles. The van der Waals surface area contributed by atoms with Crippen molar-refractivity contribution in [1.29, 1.82) is 0 Å². The number of amides is 2. The van der Waals surface area contributed by atoms with Crippen LogP contribution in [0, 0.1) is 6.92 Å². The highest BCUT2D eigenvalue weighted by atomic mass is 35.5. The number of aryl methyl sites for hydroxylation is 1. The normalized spacial score (nSPS) is 13.7. The number of carbonyl (C=O) groups is 2. The second-order valence-electron chi connectivity index (χ2n) is 13.1. The summed E-state index contributed by atoms with van der Waals surface area (Å²) in [5.74, 6) is 0.318. The van der Waals surface area contributed by atoms with E-state index in [4.69, 9.17) is 16.3 Å². The highest BCUT2D eigenvalue weighted by molar-refractivity contribution is 7.92. The number of halogens is 1. The molecule has 2 amide bonds. The minimum atomic E-state index is -4.25. The third-order valence-electron chi connectivity index (χ3n) is 9.21. The van der Waals surface area contributed by atoms with Crippen LogP contribution in [0.3, 0.4) is 0 Å². The Morgan fingerprint density at radius 2 is 1.40 bits per heavy atom. The number of nitrogens with zero attached hydrogens (tertiary/aromatic N) is 2. The molecule has 1 unspecified atom stereocenters. The van der Waals surface area contributed by atoms with Gasteiger partial charge in [0.15, 0.2) is 0 Å². The van der Waals surface area contributed by atoms with Gasteiger partial charge in [-0.2, -0.15) is 0 Å². The Hall–Kier alpha value is -5.12. The van der Waals surface area contributed by atoms with Crippen LogP contribution < -0.4 is 14.4 Å². The van der Waals surface area contributed by atoms with E-state index in [2.05, 4.69) is 5.32 Å². The van der Waals surface area contributed by atoms with E-state index in [1.165, 1.54) is 17.0 Å². The monoisotopic (exact) mass is 735 g/mol. The third kappa shape index (κ3) is 9.40. The molecule has 0 heterocycles. The molecule has 0 aromatic heterocycles. The van der Waals surface area contributed by atoms with Gasteiger partial charge < -0.3 is 15.0 Å². The zero-order valence-electron chi connectivity index (χ0n) is 29.0. The van der Waals surface area contributed by atoms with Gasteiger partial charge in [-0.05, 0) is 91.6 Å². The predicted octanol–water partition coefficient (Wildman–Crippen LogP) is 8.33. The van der Waals surface area contributed by atoms with Gasteiger partial charge in [-0.3, -0.25) is 13.9 Å². The Morgan fingerprint density at radius 1 is 0.788 bits per heavy atom. The minimum absolute atomic E-state index is 0.0175. The fourth-order valence-corrected chi connectivity index (χ4v) is 8.05. The smallest absolute Gasteiger partial charge is 0.264 e. The summed E-state index contributed by atoms with van der Waals surface area (Å²) in [6, 6.07) is 38.1. The summed E-state index contributed by atoms with van der Waals surface area (Å²) < 4.78 is 35.9. The summed E-state index contributed by atoms with van der Waals surface area (Å²) in [5.41, 5.74) is 2.75. The first-order chi connectivity index (χ1) is 25.2. The van der Waals surface area contributed by atoms with E-state index < -0.39 is 28.5 Å². The van der Waals surface area contributed by atoms with Crippen molar-refractivity contribution >= 4 is 39.1 Å². The number of ether oxygens (including phenoxy) is 1. The lowest BCUT2D eigenvalue weighted by atomic mass is 10.0. The van der Waals surface area contributed by atoms with Crippen LogP contribution in [0.5, 0.6) is 11.5 Å². The lowest BCUT2D eigenvalue weighted by Crippen LogP contribution is -2.54. The van der Waals surface area contributed by atoms with Gasteiger partial charge in [-0.1, -0.05) is 103 Å². The van der Waals surface area contributed by atoms with E-state index in [1.54, 1.807) is 54.6 Å². The number of hydrogen-bond acceptors (Lipinski definition) is 5. The van der Waals surface area contributed by atoms with Gasteiger partial charge in [-0.25, -0.2) is 8.42 Å². The van der Waals surface area contributed by atoms with Gasteiger partial charge >= 0.3 is 0 Å². The zero-order valence-corrected chi connectivity index (χ0v) is 30.6. The second kappa shape index (κ2) is 16.9. The average Bonchev–Trinajstić information content (AvgIpc) is 3.66. The molecule has 5 aromatic carbocycles. The number of para-hydroxylation sites is 1. The standard InChI is InChI=1S/C42H42ClN3O5S/c1-31-19-25-39(26-20-31)52(49,50)46(36-21-23-38(24-22-36)51-37-17-6-3-7-18-37)30-41(47)45(29-33-13-10-14-34(43)27-33)40(28-32-11-4-2-5-12-32)42(48)44-35-15-8-9-16-35/h2-7,10-14,17-27,35,40H,8-9,15-16,28-30H2,1H3,(H,44,48). The summed E-state index contributed by atoms with van der Waals surface area (Å²) in [6.45, 7) is 1.36. The molecule has 1 aliphatic rings. The lowest BCUT2D eigenvalue weighted by Gasteiger charge is -2.34. The largest absolute Gasteiger partial charge is 0.457 e. The summed E-state index contributed by atoms with van der Waals surface area (Å²) in [4.78, 5) is 30.6. The fourth-order valence-electron chi connectivity index (χ4n) is 6.42. The lowest BCUT2D eigenvalue weighted by molar-refractivity contribution is -0.140. The van der Waals surface area contributed by atoms with Crippen LogP contribution in [0.2, 0.25) is 5.02 Å². The van der Waals surface area contributed by atoms with E-state index >= 15 is 0 Å². The van der Waals surface area contributed by atoms with Crippen LogP contribution in [0.4, 0.5) is 5.69 Å². The molecule has 0 aliphatic heterocycles. The second-order valence-corrected chi connectivity index (χ2v) is 15.4. The maximum absolute atomic E-state index is 14.8. The number of sulfonamides is 1. The Morgan fingerprint density at radius 3 is 2.06 bits per heavy atom. The van der Waals surface area contributed by atoms with Gasteiger partial charge in [0.25, 0.3) is 10.0 Å². The maximum atomic E-state index is 14.8. The summed E-state index contributed by atoms with van der Waals surface area (Å²) in [5, 5.41) is 3.69. The van der Waals surface area contributed by atoms with Crippen molar-refractivity contribution in [2.45, 2.75) is 62.6 Å². The van der Waals surface area contributed by atoms with Crippen molar-refractivity contribution in [2.75, 3.05) is 10.8 Å². The molecule has 268 valence electrons. The minimum Gasteiger partial charge on any atom is -0.457 e. The molecule has 1 aliphatic carbocycles.